The van der Waals surface area contributed by atoms with Crippen LogP contribution in [0.3, 0.4) is 0 Å². The largest absolute Gasteiger partial charge is 0.416 e. The van der Waals surface area contributed by atoms with Crippen molar-refractivity contribution in [3.63, 3.8) is 0 Å². The highest BCUT2D eigenvalue weighted by atomic mass is 19.4. The van der Waals surface area contributed by atoms with Gasteiger partial charge in [-0.05, 0) is 44.2 Å². The van der Waals surface area contributed by atoms with E-state index in [0.717, 1.165) is 23.5 Å². The molecule has 0 radical (unpaired) electrons. The summed E-state index contributed by atoms with van der Waals surface area (Å²) in [5.41, 5.74) is 2.36. The molecule has 3 heterocycles. The van der Waals surface area contributed by atoms with Crippen molar-refractivity contribution in [1.29, 1.82) is 0 Å². The van der Waals surface area contributed by atoms with Gasteiger partial charge in [0.2, 0.25) is 0 Å². The Labute approximate surface area is 152 Å². The number of alkyl halides is 3. The molecule has 0 atom stereocenters. The monoisotopic (exact) mass is 369 g/mol. The van der Waals surface area contributed by atoms with Crippen LogP contribution in [0.25, 0.3) is 28.7 Å². The van der Waals surface area contributed by atoms with Gasteiger partial charge < -0.3 is 0 Å². The second-order valence-corrected chi connectivity index (χ2v) is 6.17. The molecule has 1 aromatic carbocycles. The average molecular weight is 369 g/mol. The second-order valence-electron chi connectivity index (χ2n) is 6.17. The fraction of sp³-hybridized carbons (Fsp3) is 0.158. The van der Waals surface area contributed by atoms with Gasteiger partial charge in [-0.2, -0.15) is 13.2 Å². The Hall–Kier alpha value is -3.29. The lowest BCUT2D eigenvalue weighted by atomic mass is 10.1. The lowest BCUT2D eigenvalue weighted by molar-refractivity contribution is -0.137. The summed E-state index contributed by atoms with van der Waals surface area (Å²) < 4.78 is 40.4. The van der Waals surface area contributed by atoms with Crippen molar-refractivity contribution in [1.82, 2.24) is 24.6 Å². The minimum atomic E-state index is -4.40. The first-order valence-corrected chi connectivity index (χ1v) is 8.16. The molecule has 136 valence electrons. The van der Waals surface area contributed by atoms with Crippen LogP contribution in [-0.4, -0.2) is 24.6 Å². The molecule has 0 fully saturated rings. The number of aromatic nitrogens is 5. The van der Waals surface area contributed by atoms with E-state index >= 15 is 0 Å². The van der Waals surface area contributed by atoms with Crippen molar-refractivity contribution in [3.05, 3.63) is 65.0 Å². The predicted molar refractivity (Wildman–Crippen MR) is 95.9 cm³/mol. The lowest BCUT2D eigenvalue weighted by Crippen LogP contribution is -2.04. The zero-order chi connectivity index (χ0) is 19.2. The first kappa shape index (κ1) is 17.1. The van der Waals surface area contributed by atoms with Crippen LogP contribution in [0.15, 0.2) is 36.5 Å². The summed E-state index contributed by atoms with van der Waals surface area (Å²) in [6.07, 6.45) is 0.666. The maximum Gasteiger partial charge on any atom is 0.416 e. The number of halogens is 3. The van der Waals surface area contributed by atoms with Crippen LogP contribution < -0.4 is 0 Å². The summed E-state index contributed by atoms with van der Waals surface area (Å²) in [7, 11) is 0. The van der Waals surface area contributed by atoms with Gasteiger partial charge in [0, 0.05) is 11.6 Å². The van der Waals surface area contributed by atoms with Gasteiger partial charge in [-0.25, -0.2) is 14.5 Å². The molecule has 3 aromatic heterocycles. The molecule has 5 nitrogen and oxygen atoms in total. The molecule has 0 N–H and O–H groups in total. The van der Waals surface area contributed by atoms with Crippen molar-refractivity contribution < 1.29 is 13.2 Å². The van der Waals surface area contributed by atoms with E-state index in [9.17, 15) is 13.2 Å². The van der Waals surface area contributed by atoms with E-state index in [-0.39, 0.29) is 5.52 Å². The van der Waals surface area contributed by atoms with Gasteiger partial charge >= 0.3 is 6.18 Å². The minimum Gasteiger partial charge on any atom is -0.256 e. The number of benzene rings is 1. The van der Waals surface area contributed by atoms with Gasteiger partial charge in [-0.1, -0.05) is 12.1 Å². The quantitative estimate of drug-likeness (QED) is 0.523. The molecule has 0 saturated carbocycles. The number of rotatable bonds is 2. The smallest absolute Gasteiger partial charge is 0.256 e. The van der Waals surface area contributed by atoms with Crippen LogP contribution in [0.2, 0.25) is 0 Å². The van der Waals surface area contributed by atoms with Gasteiger partial charge in [-0.3, -0.25) is 4.98 Å². The first-order chi connectivity index (χ1) is 12.8. The van der Waals surface area contributed by atoms with Crippen LogP contribution in [0.4, 0.5) is 13.2 Å². The molecule has 0 bridgehead atoms. The highest BCUT2D eigenvalue weighted by molar-refractivity contribution is 5.81. The number of pyridine rings is 1. The van der Waals surface area contributed by atoms with Crippen molar-refractivity contribution >= 4 is 28.7 Å². The van der Waals surface area contributed by atoms with E-state index in [0.29, 0.717) is 22.6 Å². The van der Waals surface area contributed by atoms with Crippen molar-refractivity contribution in [2.24, 2.45) is 0 Å². The van der Waals surface area contributed by atoms with Crippen LogP contribution in [-0.2, 0) is 6.18 Å². The zero-order valence-electron chi connectivity index (χ0n) is 14.5. The molecule has 4 aromatic rings. The van der Waals surface area contributed by atoms with Gasteiger partial charge in [-0.15, -0.1) is 5.10 Å². The van der Waals surface area contributed by atoms with Crippen LogP contribution in [0.5, 0.6) is 0 Å². The number of nitrogens with zero attached hydrogens (tertiary/aromatic N) is 5. The number of aryl methyl sites for hydroxylation is 2. The SMILES string of the molecule is Cc1ncc(C)n2nc(C=Cc3ccc4ccc(C(F)(F)F)cc4n3)nc12. The number of hydrogen-bond donors (Lipinski definition) is 0. The normalized spacial score (nSPS) is 12.5. The summed E-state index contributed by atoms with van der Waals surface area (Å²) in [6.45, 7) is 3.73. The Morgan fingerprint density at radius 3 is 2.52 bits per heavy atom. The molecule has 0 aliphatic carbocycles. The molecule has 27 heavy (non-hydrogen) atoms. The maximum absolute atomic E-state index is 12.9. The molecule has 8 heteroatoms. The van der Waals surface area contributed by atoms with E-state index in [4.69, 9.17) is 0 Å². The molecular formula is C19H14F3N5. The van der Waals surface area contributed by atoms with Crippen molar-refractivity contribution in [2.45, 2.75) is 20.0 Å². The van der Waals surface area contributed by atoms with Gasteiger partial charge in [0.15, 0.2) is 11.5 Å². The molecule has 0 aliphatic rings. The van der Waals surface area contributed by atoms with Gasteiger partial charge in [0.05, 0.1) is 28.2 Å². The van der Waals surface area contributed by atoms with Crippen molar-refractivity contribution in [2.75, 3.05) is 0 Å². The highest BCUT2D eigenvalue weighted by Crippen LogP contribution is 2.31. The third-order valence-corrected chi connectivity index (χ3v) is 4.17. The molecule has 0 saturated heterocycles. The Balaban J connectivity index is 1.70. The van der Waals surface area contributed by atoms with E-state index in [1.807, 2.05) is 13.8 Å². The number of hydrogen-bond acceptors (Lipinski definition) is 4. The molecule has 0 unspecified atom stereocenters. The summed E-state index contributed by atoms with van der Waals surface area (Å²) in [5, 5.41) is 5.04. The standard InChI is InChI=1S/C19H14F3N5/c1-11-10-23-12(2)18-25-17(26-27(11)18)8-7-15-6-4-13-3-5-14(19(20,21)22)9-16(13)24-15/h3-10H,1-2H3. The summed E-state index contributed by atoms with van der Waals surface area (Å²) in [5.74, 6) is 0.472. The summed E-state index contributed by atoms with van der Waals surface area (Å²) in [4.78, 5) is 13.0. The fourth-order valence-electron chi connectivity index (χ4n) is 2.74. The third kappa shape index (κ3) is 3.25. The molecular weight excluding hydrogens is 355 g/mol. The minimum absolute atomic E-state index is 0.283. The summed E-state index contributed by atoms with van der Waals surface area (Å²) >= 11 is 0. The Morgan fingerprint density at radius 2 is 1.78 bits per heavy atom. The first-order valence-electron chi connectivity index (χ1n) is 8.16. The third-order valence-electron chi connectivity index (χ3n) is 4.17. The van der Waals surface area contributed by atoms with Gasteiger partial charge in [0.25, 0.3) is 0 Å². The van der Waals surface area contributed by atoms with E-state index in [2.05, 4.69) is 20.1 Å². The second kappa shape index (κ2) is 6.15. The lowest BCUT2D eigenvalue weighted by Gasteiger charge is -2.07. The Kier molecular flexibility index (Phi) is 3.91. The Bertz CT molecular complexity index is 1150. The maximum atomic E-state index is 12.9. The fourth-order valence-corrected chi connectivity index (χ4v) is 2.74. The number of fused-ring (bicyclic) bond motifs is 2. The highest BCUT2D eigenvalue weighted by Gasteiger charge is 2.30. The molecule has 4 rings (SSSR count). The van der Waals surface area contributed by atoms with Crippen LogP contribution >= 0.6 is 0 Å². The van der Waals surface area contributed by atoms with Crippen LogP contribution in [0, 0.1) is 13.8 Å². The van der Waals surface area contributed by atoms with Gasteiger partial charge in [0.1, 0.15) is 0 Å². The van der Waals surface area contributed by atoms with E-state index < -0.39 is 11.7 Å². The Morgan fingerprint density at radius 1 is 1.00 bits per heavy atom. The van der Waals surface area contributed by atoms with E-state index in [1.165, 1.54) is 6.07 Å². The molecule has 0 amide bonds. The molecule has 0 aliphatic heterocycles. The van der Waals surface area contributed by atoms with E-state index in [1.54, 1.807) is 35.0 Å². The average Bonchev–Trinajstić information content (AvgIpc) is 3.07. The molecule has 0 spiro atoms. The zero-order valence-corrected chi connectivity index (χ0v) is 14.5. The van der Waals surface area contributed by atoms with Crippen molar-refractivity contribution in [3.8, 4) is 0 Å². The topological polar surface area (TPSA) is 56.0 Å². The van der Waals surface area contributed by atoms with Crippen LogP contribution in [0.1, 0.15) is 28.5 Å². The summed E-state index contributed by atoms with van der Waals surface area (Å²) in [6, 6.07) is 6.99. The predicted octanol–water partition coefficient (Wildman–Crippen LogP) is 4.48.